The molecule has 646 valence electrons. The lowest BCUT2D eigenvalue weighted by molar-refractivity contribution is -0.150. The van der Waals surface area contributed by atoms with Crippen molar-refractivity contribution in [3.8, 4) is 58.7 Å². The summed E-state index contributed by atoms with van der Waals surface area (Å²) in [6.45, 7) is 57.9. The fourth-order valence-electron chi connectivity index (χ4n) is 18.4. The van der Waals surface area contributed by atoms with E-state index in [-0.39, 0.29) is 106 Å². The number of carbonyl (C=O) groups is 2. The van der Waals surface area contributed by atoms with E-state index in [4.69, 9.17) is 63.9 Å². The third-order valence-corrected chi connectivity index (χ3v) is 26.3. The van der Waals surface area contributed by atoms with Crippen molar-refractivity contribution in [3.05, 3.63) is 280 Å². The maximum atomic E-state index is 12.2. The zero-order valence-electron chi connectivity index (χ0n) is 73.9. The number of aryl methyl sites for hydroxylation is 4. The molecule has 29 heteroatoms. The summed E-state index contributed by atoms with van der Waals surface area (Å²) in [6, 6.07) is 58.5. The smallest absolute Gasteiger partial charge is 0.308 e. The highest BCUT2D eigenvalue weighted by molar-refractivity contribution is 7.12. The van der Waals surface area contributed by atoms with Gasteiger partial charge >= 0.3 is 11.9 Å². The maximum absolute atomic E-state index is 12.2. The Morgan fingerprint density at radius 2 is 0.599 bits per heavy atom. The van der Waals surface area contributed by atoms with E-state index in [9.17, 15) is 41.2 Å². The molecule has 0 aliphatic carbocycles. The van der Waals surface area contributed by atoms with Gasteiger partial charge in [-0.15, -0.1) is 41.2 Å². The fourth-order valence-corrected chi connectivity index (χ4v) is 19.4. The predicted molar refractivity (Wildman–Crippen MR) is 524 cm³/mol. The van der Waals surface area contributed by atoms with Crippen LogP contribution in [0.2, 0.25) is 0 Å². The highest BCUT2D eigenvalue weighted by Gasteiger charge is 2.33. The predicted octanol–water partition coefficient (Wildman–Crippen LogP) is 25.5. The third kappa shape index (κ3) is 14.6. The number of hydrogen-bond acceptors (Lipinski definition) is 23. The SMILES string of the molecule is [C-]#[N+]c1nc2c3cccc4c5nc(C#N)c(C#N)nc5c5c(-c6ccc(COC(=O)C(C)CC)cc6)ccc(c2nc1[N+]#[C-])c5c34.[C-]#[N+]c1nc2c3cccc4c5nc(C#N)c(C#N)nc5c5c(-c6ccc(COC(=O)C(C)CC)cc6)ccc(c2nc1[N+]#[C-])c5c34.[C-]#[N+]c1nc2c3cccc4c5nc(C#N)c(C#N)nc5c5c(CCCCCCc6cc(C)sc6C)ccc(c2nc1[N+]#[C-])c5c34. The number of unbranched alkanes of at least 4 members (excludes halogenated alkanes) is 3. The molecule has 0 aliphatic heterocycles. The van der Waals surface area contributed by atoms with Gasteiger partial charge in [0.15, 0.2) is 34.2 Å². The quantitative estimate of drug-likeness (QED) is 0.0269. The van der Waals surface area contributed by atoms with Gasteiger partial charge in [0.05, 0.1) is 44.9 Å². The highest BCUT2D eigenvalue weighted by Crippen LogP contribution is 2.52. The second-order valence-electron chi connectivity index (χ2n) is 33.0. The lowest BCUT2D eigenvalue weighted by Gasteiger charge is -2.17. The van der Waals surface area contributed by atoms with E-state index in [1.165, 1.54) is 15.3 Å². The number of aromatic nitrogens is 12. The van der Waals surface area contributed by atoms with Crippen molar-refractivity contribution in [2.24, 2.45) is 11.8 Å². The van der Waals surface area contributed by atoms with E-state index in [0.717, 1.165) is 131 Å². The van der Waals surface area contributed by atoms with Crippen molar-refractivity contribution in [1.82, 2.24) is 59.8 Å². The zero-order valence-corrected chi connectivity index (χ0v) is 74.7. The fraction of sp³-hybridized carbons (Fsp3) is 0.167. The van der Waals surface area contributed by atoms with Crippen LogP contribution in [0, 0.1) is 133 Å². The van der Waals surface area contributed by atoms with E-state index < -0.39 is 0 Å². The summed E-state index contributed by atoms with van der Waals surface area (Å²) in [5.74, 6) is -1.24. The molecule has 28 nitrogen and oxygen atoms in total. The van der Waals surface area contributed by atoms with Gasteiger partial charge in [-0.2, -0.15) is 31.6 Å². The van der Waals surface area contributed by atoms with E-state index >= 15 is 0 Å². The van der Waals surface area contributed by atoms with Gasteiger partial charge in [0.2, 0.25) is 33.1 Å². The lowest BCUT2D eigenvalue weighted by atomic mass is 9.87. The van der Waals surface area contributed by atoms with E-state index in [2.05, 4.69) is 106 Å². The van der Waals surface area contributed by atoms with E-state index in [1.54, 1.807) is 0 Å². The maximum Gasteiger partial charge on any atom is 0.308 e. The second-order valence-corrected chi connectivity index (χ2v) is 34.5. The number of ether oxygens (including phenoxy) is 2. The standard InChI is InChI=1S/2C36H20N8O2.C36H24N8S/c2*1-5-18(2)36(45)46-17-19-9-11-20(12-10-19)21-13-14-24-28-27-22(30-31(24)44-35(40-4)34(39-3)43-30)7-6-8-23(27)32-33(29(21)28)42-26(16-38)25(15-37)41-32;1-19-16-22(20(2)45-19)11-8-6-5-7-10-21-14-15-25-30-28(21)34-33(41-26(17-37)27(18-38)42-34)24-13-9-12-23(29(24)30)31-32(25)44-36(40-4)35(39-3)43-31/h2*6-14,18H,5,17H2,1-2H3;9,12-16H,5-8,10-11H2,1-2H3. The molecule has 0 amide bonds. The Bertz CT molecular complexity index is 9030. The molecule has 0 bridgehead atoms. The van der Waals surface area contributed by atoms with Crippen LogP contribution in [0.25, 0.3) is 214 Å². The summed E-state index contributed by atoms with van der Waals surface area (Å²) in [6.07, 6.45) is 7.66. The number of benzene rings is 14. The molecule has 0 saturated carbocycles. The van der Waals surface area contributed by atoms with Crippen LogP contribution < -0.4 is 0 Å². The molecule has 0 N–H and O–H groups in total. The van der Waals surface area contributed by atoms with E-state index in [1.807, 2.05) is 203 Å². The number of fused-ring (bicyclic) bond motifs is 18. The van der Waals surface area contributed by atoms with Crippen LogP contribution in [-0.2, 0) is 45.1 Å². The molecular weight excluding hydrogens is 1730 g/mol. The first-order valence-corrected chi connectivity index (χ1v) is 44.3. The summed E-state index contributed by atoms with van der Waals surface area (Å²) in [4.78, 5) is 104. The summed E-state index contributed by atoms with van der Waals surface area (Å²) in [7, 11) is 0. The van der Waals surface area contributed by atoms with Gasteiger partial charge in [0, 0.05) is 107 Å². The summed E-state index contributed by atoms with van der Waals surface area (Å²) in [5.41, 5.74) is 13.0. The van der Waals surface area contributed by atoms with Crippen molar-refractivity contribution in [1.29, 1.82) is 31.6 Å². The molecule has 2 atom stereocenters. The minimum Gasteiger partial charge on any atom is -0.461 e. The van der Waals surface area contributed by atoms with Crippen molar-refractivity contribution >= 4 is 221 Å². The largest absolute Gasteiger partial charge is 0.461 e. The average Bonchev–Trinajstić information content (AvgIpc) is 0.802. The Hall–Kier alpha value is -19.2. The number of nitrogens with zero attached hydrogens (tertiary/aromatic N) is 24. The molecule has 0 spiro atoms. The molecular formula is C108H64N24O4S. The Balaban J connectivity index is 0.000000132. The summed E-state index contributed by atoms with van der Waals surface area (Å²) < 4.78 is 11.0. The molecule has 0 radical (unpaired) electrons. The van der Waals surface area contributed by atoms with Crippen LogP contribution in [-0.4, -0.2) is 71.7 Å². The van der Waals surface area contributed by atoms with Crippen molar-refractivity contribution in [3.63, 3.8) is 0 Å². The third-order valence-electron chi connectivity index (χ3n) is 25.3. The normalized spacial score (nSPS) is 11.6. The number of esters is 2. The molecule has 0 fully saturated rings. The minimum absolute atomic E-state index is 0.00800. The first-order valence-electron chi connectivity index (χ1n) is 43.5. The highest BCUT2D eigenvalue weighted by atomic mass is 32.1. The molecule has 0 aliphatic rings. The van der Waals surface area contributed by atoms with Gasteiger partial charge in [-0.25, -0.2) is 29.9 Å². The van der Waals surface area contributed by atoms with E-state index in [0.29, 0.717) is 122 Å². The van der Waals surface area contributed by atoms with Crippen LogP contribution in [0.15, 0.2) is 146 Å². The molecule has 137 heavy (non-hydrogen) atoms. The molecule has 2 unspecified atom stereocenters. The number of carbonyl (C=O) groups excluding carboxylic acids is 2. The second kappa shape index (κ2) is 35.6. The summed E-state index contributed by atoms with van der Waals surface area (Å²) in [5, 5.41) is 72.9. The van der Waals surface area contributed by atoms with Gasteiger partial charge < -0.3 is 38.5 Å². The van der Waals surface area contributed by atoms with Gasteiger partial charge in [-0.3, -0.25) is 9.59 Å². The molecule has 21 rings (SSSR count). The van der Waals surface area contributed by atoms with Crippen molar-refractivity contribution in [2.45, 2.75) is 106 Å². The van der Waals surface area contributed by atoms with Gasteiger partial charge in [-0.1, -0.05) is 183 Å². The Morgan fingerprint density at radius 3 is 0.883 bits per heavy atom. The topological polar surface area (TPSA) is 376 Å². The molecule has 7 aromatic heterocycles. The Labute approximate surface area is 783 Å². The zero-order chi connectivity index (χ0) is 95.5. The van der Waals surface area contributed by atoms with Crippen molar-refractivity contribution in [2.75, 3.05) is 0 Å². The number of nitriles is 6. The average molecular weight is 1790 g/mol. The van der Waals surface area contributed by atoms with Crippen LogP contribution in [0.4, 0.5) is 34.9 Å². The van der Waals surface area contributed by atoms with Crippen molar-refractivity contribution < 1.29 is 19.1 Å². The number of thiophene rings is 1. The Kier molecular flexibility index (Phi) is 22.6. The van der Waals surface area contributed by atoms with Gasteiger partial charge in [0.1, 0.15) is 49.6 Å². The van der Waals surface area contributed by atoms with Gasteiger partial charge in [0.25, 0.3) is 34.9 Å². The summed E-state index contributed by atoms with van der Waals surface area (Å²) >= 11 is 1.86. The molecule has 21 aromatic rings. The van der Waals surface area contributed by atoms with Crippen LogP contribution in [0.1, 0.15) is 132 Å². The first-order chi connectivity index (χ1) is 66.8. The first kappa shape index (κ1) is 87.1. The number of hydrogen-bond donors (Lipinski definition) is 0. The molecule has 14 aromatic carbocycles. The van der Waals surface area contributed by atoms with Crippen LogP contribution in [0.3, 0.4) is 0 Å². The lowest BCUT2D eigenvalue weighted by Crippen LogP contribution is -2.13. The molecule has 0 saturated heterocycles. The van der Waals surface area contributed by atoms with Gasteiger partial charge in [-0.05, 0) is 139 Å². The van der Waals surface area contributed by atoms with Crippen LogP contribution in [0.5, 0.6) is 0 Å². The number of rotatable bonds is 17. The Morgan fingerprint density at radius 1 is 0.328 bits per heavy atom. The minimum atomic E-state index is -0.242. The van der Waals surface area contributed by atoms with Crippen LogP contribution >= 0.6 is 11.3 Å². The monoisotopic (exact) mass is 1790 g/mol. The molecule has 7 heterocycles.